The number of fused-ring (bicyclic) bond motifs is 2. The largest absolute Gasteiger partial charge is 0.324 e. The summed E-state index contributed by atoms with van der Waals surface area (Å²) in [6.45, 7) is 2.16. The number of nitrogens with one attached hydrogen (secondary N) is 2. The number of aryl methyl sites for hydroxylation is 1. The van der Waals surface area contributed by atoms with Gasteiger partial charge in [0.25, 0.3) is 0 Å². The highest BCUT2D eigenvalue weighted by Gasteiger charge is 2.11. The van der Waals surface area contributed by atoms with Gasteiger partial charge in [-0.1, -0.05) is 72.9 Å². The molecule has 7 heteroatoms. The Hall–Kier alpha value is -4.62. The van der Waals surface area contributed by atoms with Crippen LogP contribution in [0.3, 0.4) is 0 Å². The Labute approximate surface area is 224 Å². The summed E-state index contributed by atoms with van der Waals surface area (Å²) in [5.41, 5.74) is 5.86. The van der Waals surface area contributed by atoms with E-state index in [4.69, 9.17) is 15.0 Å². The van der Waals surface area contributed by atoms with Crippen LogP contribution in [0.15, 0.2) is 91.0 Å². The van der Waals surface area contributed by atoms with Crippen molar-refractivity contribution < 1.29 is 4.79 Å². The van der Waals surface area contributed by atoms with Crippen LogP contribution in [-0.4, -0.2) is 21.2 Å². The lowest BCUT2D eigenvalue weighted by atomic mass is 10.1. The molecule has 0 saturated carbocycles. The Kier molecular flexibility index (Phi) is 6.50. The van der Waals surface area contributed by atoms with Gasteiger partial charge in [0, 0.05) is 23.7 Å². The molecule has 6 rings (SSSR count). The molecule has 0 saturated heterocycles. The average molecular weight is 516 g/mol. The zero-order valence-corrected chi connectivity index (χ0v) is 21.6. The number of benzene rings is 4. The van der Waals surface area contributed by atoms with Crippen LogP contribution in [0.4, 0.5) is 22.6 Å². The molecular formula is C31H25N5OS. The molecule has 0 spiro atoms. The summed E-state index contributed by atoms with van der Waals surface area (Å²) in [5, 5.41) is 9.60. The van der Waals surface area contributed by atoms with Crippen LogP contribution in [0.5, 0.6) is 0 Å². The average Bonchev–Trinajstić information content (AvgIpc) is 3.34. The van der Waals surface area contributed by atoms with Gasteiger partial charge in [0.05, 0.1) is 15.9 Å². The molecule has 38 heavy (non-hydrogen) atoms. The highest BCUT2D eigenvalue weighted by molar-refractivity contribution is 7.22. The summed E-state index contributed by atoms with van der Waals surface area (Å²) in [6, 6.07) is 30.3. The van der Waals surface area contributed by atoms with Gasteiger partial charge in [-0.05, 0) is 58.7 Å². The second-order valence-electron chi connectivity index (χ2n) is 9.09. The fourth-order valence-corrected chi connectivity index (χ4v) is 5.35. The van der Waals surface area contributed by atoms with Crippen molar-refractivity contribution >= 4 is 61.2 Å². The normalized spacial score (nSPS) is 11.1. The number of thiazole rings is 1. The summed E-state index contributed by atoms with van der Waals surface area (Å²) in [7, 11) is 0. The lowest BCUT2D eigenvalue weighted by Crippen LogP contribution is -2.04. The van der Waals surface area contributed by atoms with Gasteiger partial charge >= 0.3 is 0 Å². The maximum Gasteiger partial charge on any atom is 0.229 e. The number of nitrogens with zero attached hydrogens (tertiary/aromatic N) is 3. The molecule has 0 radical (unpaired) electrons. The Morgan fingerprint density at radius 2 is 1.63 bits per heavy atom. The van der Waals surface area contributed by atoms with Crippen molar-refractivity contribution in [3.8, 4) is 0 Å². The minimum atomic E-state index is 0.499. The van der Waals surface area contributed by atoms with Crippen LogP contribution in [0, 0.1) is 0 Å². The third kappa shape index (κ3) is 5.23. The van der Waals surface area contributed by atoms with Crippen molar-refractivity contribution in [3.05, 3.63) is 113 Å². The predicted molar refractivity (Wildman–Crippen MR) is 156 cm³/mol. The molecule has 0 bridgehead atoms. The van der Waals surface area contributed by atoms with Gasteiger partial charge in [0.1, 0.15) is 12.1 Å². The Bertz CT molecular complexity index is 1760. The number of hydrogen-bond acceptors (Lipinski definition) is 7. The molecule has 0 unspecified atom stereocenters. The SMILES string of the molecule is CCc1ccc2nc(Nc3cc(Cc4ccccc4)nc(Nc4ccc5cc(C=O)ccc5c4)n3)sc2c1. The molecule has 0 aliphatic rings. The van der Waals surface area contributed by atoms with Crippen LogP contribution in [0.2, 0.25) is 0 Å². The van der Waals surface area contributed by atoms with Crippen molar-refractivity contribution in [2.75, 3.05) is 10.6 Å². The standard InChI is InChI=1S/C31H25N5OS/c1-2-20-9-13-27-28(16-20)38-31(34-27)36-29-18-26(15-21-6-4-3-5-7-21)33-30(35-29)32-25-12-11-23-14-22(19-37)8-10-24(23)17-25/h3-14,16-19H,2,15H2,1H3,(H2,32,33,34,35,36). The quantitative estimate of drug-likeness (QED) is 0.202. The summed E-state index contributed by atoms with van der Waals surface area (Å²) in [6.07, 6.45) is 2.53. The van der Waals surface area contributed by atoms with E-state index in [1.54, 1.807) is 11.3 Å². The molecule has 2 N–H and O–H groups in total. The summed E-state index contributed by atoms with van der Waals surface area (Å²) >= 11 is 1.62. The molecule has 6 aromatic rings. The van der Waals surface area contributed by atoms with Crippen LogP contribution in [0.1, 0.15) is 34.1 Å². The van der Waals surface area contributed by atoms with Crippen LogP contribution in [-0.2, 0) is 12.8 Å². The molecule has 0 amide bonds. The van der Waals surface area contributed by atoms with Crippen molar-refractivity contribution in [1.82, 2.24) is 15.0 Å². The van der Waals surface area contributed by atoms with E-state index in [1.807, 2.05) is 60.7 Å². The predicted octanol–water partition coefficient (Wildman–Crippen LogP) is 7.69. The topological polar surface area (TPSA) is 79.8 Å². The van der Waals surface area contributed by atoms with Gasteiger partial charge in [0.15, 0.2) is 5.13 Å². The molecule has 0 fully saturated rings. The minimum absolute atomic E-state index is 0.499. The van der Waals surface area contributed by atoms with Crippen LogP contribution >= 0.6 is 11.3 Å². The number of anilines is 4. The Balaban J connectivity index is 1.33. The molecule has 0 aliphatic carbocycles. The summed E-state index contributed by atoms with van der Waals surface area (Å²) in [4.78, 5) is 25.5. The van der Waals surface area contributed by atoms with Gasteiger partial charge < -0.3 is 10.6 Å². The van der Waals surface area contributed by atoms with E-state index >= 15 is 0 Å². The highest BCUT2D eigenvalue weighted by atomic mass is 32.1. The van der Waals surface area contributed by atoms with Crippen molar-refractivity contribution in [3.63, 3.8) is 0 Å². The van der Waals surface area contributed by atoms with Crippen LogP contribution in [0.25, 0.3) is 21.0 Å². The minimum Gasteiger partial charge on any atom is -0.324 e. The van der Waals surface area contributed by atoms with Gasteiger partial charge in [-0.15, -0.1) is 0 Å². The number of aromatic nitrogens is 3. The molecule has 0 atom stereocenters. The molecule has 186 valence electrons. The first-order valence-corrected chi connectivity index (χ1v) is 13.3. The van der Waals surface area contributed by atoms with Gasteiger partial charge in [-0.2, -0.15) is 4.98 Å². The van der Waals surface area contributed by atoms with Crippen molar-refractivity contribution in [2.45, 2.75) is 19.8 Å². The molecule has 4 aromatic carbocycles. The first kappa shape index (κ1) is 23.8. The third-order valence-electron chi connectivity index (χ3n) is 6.36. The lowest BCUT2D eigenvalue weighted by Gasteiger charge is -2.11. The van der Waals surface area contributed by atoms with E-state index in [0.717, 1.165) is 50.2 Å². The monoisotopic (exact) mass is 515 g/mol. The fourth-order valence-electron chi connectivity index (χ4n) is 4.41. The zero-order chi connectivity index (χ0) is 25.9. The van der Waals surface area contributed by atoms with Crippen molar-refractivity contribution in [2.24, 2.45) is 0 Å². The highest BCUT2D eigenvalue weighted by Crippen LogP contribution is 2.30. The number of hydrogen-bond donors (Lipinski definition) is 2. The summed E-state index contributed by atoms with van der Waals surface area (Å²) in [5.74, 6) is 1.18. The molecule has 2 aromatic heterocycles. The number of rotatable bonds is 8. The van der Waals surface area contributed by atoms with E-state index in [9.17, 15) is 4.79 Å². The number of carbonyl (C=O) groups is 1. The smallest absolute Gasteiger partial charge is 0.229 e. The molecule has 2 heterocycles. The molecule has 0 aliphatic heterocycles. The zero-order valence-electron chi connectivity index (χ0n) is 20.8. The Morgan fingerprint density at radius 3 is 2.47 bits per heavy atom. The molecular weight excluding hydrogens is 490 g/mol. The molecule has 6 nitrogen and oxygen atoms in total. The first-order valence-electron chi connectivity index (χ1n) is 12.5. The first-order chi connectivity index (χ1) is 18.6. The summed E-state index contributed by atoms with van der Waals surface area (Å²) < 4.78 is 1.15. The van der Waals surface area contributed by atoms with E-state index in [1.165, 1.54) is 11.1 Å². The second-order valence-corrected chi connectivity index (χ2v) is 10.1. The van der Waals surface area contributed by atoms with E-state index < -0.39 is 0 Å². The van der Waals surface area contributed by atoms with Gasteiger partial charge in [-0.25, -0.2) is 9.97 Å². The maximum absolute atomic E-state index is 11.1. The van der Waals surface area contributed by atoms with E-state index in [-0.39, 0.29) is 0 Å². The van der Waals surface area contributed by atoms with Gasteiger partial charge in [0.2, 0.25) is 5.95 Å². The third-order valence-corrected chi connectivity index (χ3v) is 7.29. The van der Waals surface area contributed by atoms with E-state index in [2.05, 4.69) is 47.9 Å². The van der Waals surface area contributed by atoms with Gasteiger partial charge in [-0.3, -0.25) is 4.79 Å². The van der Waals surface area contributed by atoms with Crippen molar-refractivity contribution in [1.29, 1.82) is 0 Å². The lowest BCUT2D eigenvalue weighted by molar-refractivity contribution is 0.112. The fraction of sp³-hybridized carbons (Fsp3) is 0.0968. The second kappa shape index (κ2) is 10.4. The maximum atomic E-state index is 11.1. The number of aldehydes is 1. The number of carbonyl (C=O) groups excluding carboxylic acids is 1. The Morgan fingerprint density at radius 1 is 0.789 bits per heavy atom. The van der Waals surface area contributed by atoms with Crippen LogP contribution < -0.4 is 10.6 Å². The van der Waals surface area contributed by atoms with E-state index in [0.29, 0.717) is 23.8 Å².